The number of nitrogens with zero attached hydrogens (tertiary/aromatic N) is 4. The number of amides is 1. The number of carbonyl (C=O) groups is 2. The Labute approximate surface area is 200 Å². The molecule has 2 aromatic heterocycles. The van der Waals surface area contributed by atoms with Gasteiger partial charge in [-0.15, -0.1) is 0 Å². The molecule has 1 amide bonds. The molecule has 0 saturated carbocycles. The van der Waals surface area contributed by atoms with Crippen molar-refractivity contribution in [2.24, 2.45) is 13.0 Å². The van der Waals surface area contributed by atoms with Gasteiger partial charge in [0.05, 0.1) is 5.56 Å². The largest absolute Gasteiger partial charge is 0.452 e. The number of ketones is 1. The third-order valence-corrected chi connectivity index (χ3v) is 6.90. The molecule has 0 spiro atoms. The van der Waals surface area contributed by atoms with E-state index in [0.717, 1.165) is 52.7 Å². The molecule has 33 heavy (non-hydrogen) atoms. The molecule has 5 rings (SSSR count). The number of pyridine rings is 1. The van der Waals surface area contributed by atoms with Crippen LogP contribution in [0, 0.1) is 5.92 Å². The predicted octanol–water partition coefficient (Wildman–Crippen LogP) is 4.26. The average molecular weight is 509 g/mol. The second kappa shape index (κ2) is 8.33. The van der Waals surface area contributed by atoms with E-state index in [0.29, 0.717) is 17.1 Å². The van der Waals surface area contributed by atoms with Gasteiger partial charge in [-0.05, 0) is 43.2 Å². The van der Waals surface area contributed by atoms with Gasteiger partial charge >= 0.3 is 0 Å². The molecular weight excluding hydrogens is 484 g/mol. The van der Waals surface area contributed by atoms with E-state index < -0.39 is 0 Å². The smallest absolute Gasteiger partial charge is 0.232 e. The molecule has 0 aliphatic carbocycles. The summed E-state index contributed by atoms with van der Waals surface area (Å²) in [4.78, 5) is 33.9. The maximum Gasteiger partial charge on any atom is 0.232 e. The van der Waals surface area contributed by atoms with Gasteiger partial charge in [-0.25, -0.2) is 4.98 Å². The zero-order valence-corrected chi connectivity index (χ0v) is 20.4. The number of anilines is 1. The Morgan fingerprint density at radius 2 is 2.00 bits per heavy atom. The van der Waals surface area contributed by atoms with E-state index in [9.17, 15) is 9.59 Å². The summed E-state index contributed by atoms with van der Waals surface area (Å²) in [6.45, 7) is 1.59. The standard InChI is InChI=1S/C25H25BrN4O3/c1-28(2)25(32)15-7-10-30(11-8-15)19-6-9-27-24-22(19)16(14-29(24)3)12-21-23(31)18-13-17(26)4-5-20(18)33-21/h4-6,9,12-15H,7-8,10-11H2,1-3H3/b21-12-. The van der Waals surface area contributed by atoms with Gasteiger partial charge in [-0.2, -0.15) is 0 Å². The van der Waals surface area contributed by atoms with Crippen LogP contribution in [0.15, 0.2) is 46.9 Å². The number of benzene rings is 1. The molecule has 1 aromatic carbocycles. The fourth-order valence-electron chi connectivity index (χ4n) is 4.73. The summed E-state index contributed by atoms with van der Waals surface area (Å²) in [5.74, 6) is 1.01. The molecule has 0 radical (unpaired) electrons. The quantitative estimate of drug-likeness (QED) is 0.494. The van der Waals surface area contributed by atoms with Gasteiger partial charge in [-0.1, -0.05) is 15.9 Å². The minimum Gasteiger partial charge on any atom is -0.452 e. The van der Waals surface area contributed by atoms with Crippen molar-refractivity contribution < 1.29 is 14.3 Å². The first-order valence-corrected chi connectivity index (χ1v) is 11.8. The predicted molar refractivity (Wildman–Crippen MR) is 131 cm³/mol. The summed E-state index contributed by atoms with van der Waals surface area (Å²) in [7, 11) is 5.58. The maximum absolute atomic E-state index is 13.0. The van der Waals surface area contributed by atoms with Crippen molar-refractivity contribution in [3.8, 4) is 5.75 Å². The highest BCUT2D eigenvalue weighted by atomic mass is 79.9. The minimum absolute atomic E-state index is 0.0632. The second-order valence-electron chi connectivity index (χ2n) is 8.80. The van der Waals surface area contributed by atoms with Crippen molar-refractivity contribution in [2.45, 2.75) is 12.8 Å². The highest BCUT2D eigenvalue weighted by molar-refractivity contribution is 9.10. The van der Waals surface area contributed by atoms with E-state index in [1.165, 1.54) is 0 Å². The van der Waals surface area contributed by atoms with E-state index >= 15 is 0 Å². The van der Waals surface area contributed by atoms with Crippen LogP contribution in [-0.2, 0) is 11.8 Å². The zero-order chi connectivity index (χ0) is 23.3. The summed E-state index contributed by atoms with van der Waals surface area (Å²) < 4.78 is 8.70. The van der Waals surface area contributed by atoms with Crippen molar-refractivity contribution in [2.75, 3.05) is 32.1 Å². The topological polar surface area (TPSA) is 67.7 Å². The fourth-order valence-corrected chi connectivity index (χ4v) is 5.09. The van der Waals surface area contributed by atoms with E-state index in [-0.39, 0.29) is 17.6 Å². The van der Waals surface area contributed by atoms with Crippen LogP contribution in [0.4, 0.5) is 5.69 Å². The molecule has 1 saturated heterocycles. The number of aromatic nitrogens is 2. The lowest BCUT2D eigenvalue weighted by Gasteiger charge is -2.34. The summed E-state index contributed by atoms with van der Waals surface area (Å²) in [5, 5.41) is 0.985. The molecule has 0 N–H and O–H groups in total. The summed E-state index contributed by atoms with van der Waals surface area (Å²) >= 11 is 3.42. The van der Waals surface area contributed by atoms with Crippen LogP contribution in [-0.4, -0.2) is 53.3 Å². The molecule has 1 fully saturated rings. The van der Waals surface area contributed by atoms with Crippen molar-refractivity contribution in [1.82, 2.24) is 14.5 Å². The van der Waals surface area contributed by atoms with Gasteiger partial charge < -0.3 is 19.1 Å². The molecule has 2 aliphatic rings. The number of halogens is 1. The van der Waals surface area contributed by atoms with Crippen LogP contribution in [0.3, 0.4) is 0 Å². The first-order chi connectivity index (χ1) is 15.8. The number of piperidine rings is 1. The highest BCUT2D eigenvalue weighted by Crippen LogP contribution is 2.37. The lowest BCUT2D eigenvalue weighted by atomic mass is 9.95. The van der Waals surface area contributed by atoms with Gasteiger partial charge in [-0.3, -0.25) is 9.59 Å². The molecule has 7 nitrogen and oxygen atoms in total. The van der Waals surface area contributed by atoms with Crippen molar-refractivity contribution >= 4 is 50.4 Å². The van der Waals surface area contributed by atoms with E-state index in [1.807, 2.05) is 56.3 Å². The average Bonchev–Trinajstić information content (AvgIpc) is 3.30. The molecule has 0 unspecified atom stereocenters. The molecule has 8 heteroatoms. The van der Waals surface area contributed by atoms with Gasteiger partial charge in [0, 0.05) is 73.7 Å². The number of carbonyl (C=O) groups excluding carboxylic acids is 2. The lowest BCUT2D eigenvalue weighted by molar-refractivity contribution is -0.133. The number of allylic oxidation sites excluding steroid dienone is 1. The number of fused-ring (bicyclic) bond motifs is 2. The maximum atomic E-state index is 13.0. The molecule has 0 atom stereocenters. The van der Waals surface area contributed by atoms with Crippen LogP contribution < -0.4 is 9.64 Å². The minimum atomic E-state index is -0.128. The summed E-state index contributed by atoms with van der Waals surface area (Å²) in [6, 6.07) is 7.46. The number of Topliss-reactive ketones (excluding diaryl/α,β-unsaturated/α-hetero) is 1. The van der Waals surface area contributed by atoms with Crippen LogP contribution in [0.1, 0.15) is 28.8 Å². The SMILES string of the molecule is CN(C)C(=O)C1CCN(c2ccnc3c2c(/C=C2\Oc4ccc(Br)cc4C2=O)cn3C)CC1. The summed E-state index contributed by atoms with van der Waals surface area (Å²) in [6.07, 6.45) is 7.24. The number of hydrogen-bond donors (Lipinski definition) is 0. The molecule has 2 aliphatic heterocycles. The summed E-state index contributed by atoms with van der Waals surface area (Å²) in [5.41, 5.74) is 3.35. The monoisotopic (exact) mass is 508 g/mol. The van der Waals surface area contributed by atoms with Crippen LogP contribution in [0.2, 0.25) is 0 Å². The molecule has 4 heterocycles. The molecule has 3 aromatic rings. The Hall–Kier alpha value is -3.13. The first kappa shape index (κ1) is 21.7. The molecule has 0 bridgehead atoms. The normalized spacial score (nSPS) is 17.5. The van der Waals surface area contributed by atoms with Crippen molar-refractivity contribution in [3.05, 3.63) is 58.0 Å². The third kappa shape index (κ3) is 3.82. The Bertz CT molecular complexity index is 1300. The Morgan fingerprint density at radius 1 is 1.24 bits per heavy atom. The molecule has 170 valence electrons. The number of aryl methyl sites for hydroxylation is 1. The van der Waals surface area contributed by atoms with Gasteiger partial charge in [0.2, 0.25) is 11.7 Å². The zero-order valence-electron chi connectivity index (χ0n) is 18.8. The number of ether oxygens (including phenoxy) is 1. The van der Waals surface area contributed by atoms with Crippen molar-refractivity contribution in [1.29, 1.82) is 0 Å². The van der Waals surface area contributed by atoms with Gasteiger partial charge in [0.15, 0.2) is 5.76 Å². The van der Waals surface area contributed by atoms with Crippen molar-refractivity contribution in [3.63, 3.8) is 0 Å². The van der Waals surface area contributed by atoms with Crippen LogP contribution in [0.25, 0.3) is 17.1 Å². The van der Waals surface area contributed by atoms with Crippen LogP contribution in [0.5, 0.6) is 5.75 Å². The van der Waals surface area contributed by atoms with Gasteiger partial charge in [0.1, 0.15) is 11.4 Å². The third-order valence-electron chi connectivity index (χ3n) is 6.41. The van der Waals surface area contributed by atoms with E-state index in [1.54, 1.807) is 17.0 Å². The lowest BCUT2D eigenvalue weighted by Crippen LogP contribution is -2.40. The Balaban J connectivity index is 1.49. The first-order valence-electron chi connectivity index (χ1n) is 11.0. The Kier molecular flexibility index (Phi) is 5.48. The number of rotatable bonds is 3. The van der Waals surface area contributed by atoms with Gasteiger partial charge in [0.25, 0.3) is 0 Å². The second-order valence-corrected chi connectivity index (χ2v) is 9.71. The number of hydrogen-bond acceptors (Lipinski definition) is 5. The highest BCUT2D eigenvalue weighted by Gasteiger charge is 2.30. The Morgan fingerprint density at radius 3 is 2.73 bits per heavy atom. The fraction of sp³-hybridized carbons (Fsp3) is 0.320. The van der Waals surface area contributed by atoms with Crippen LogP contribution >= 0.6 is 15.9 Å². The molecular formula is C25H25BrN4O3. The van der Waals surface area contributed by atoms with E-state index in [4.69, 9.17) is 4.74 Å². The van der Waals surface area contributed by atoms with E-state index in [2.05, 4.69) is 25.8 Å².